The number of rotatable bonds is 6. The first-order valence-electron chi connectivity index (χ1n) is 10.4. The molecule has 35 heavy (non-hydrogen) atoms. The maximum Gasteiger partial charge on any atom is 0.471 e. The molecule has 4 amide bonds. The monoisotopic (exact) mass is 481 g/mol. The van der Waals surface area contributed by atoms with Crippen molar-refractivity contribution in [2.45, 2.75) is 18.6 Å². The molecule has 0 fully saturated rings. The lowest BCUT2D eigenvalue weighted by Gasteiger charge is -2.25. The van der Waals surface area contributed by atoms with E-state index in [9.17, 15) is 32.3 Å². The summed E-state index contributed by atoms with van der Waals surface area (Å²) < 4.78 is 37.3. The lowest BCUT2D eigenvalue weighted by atomic mass is 10.0. The Hall–Kier alpha value is -4.47. The van der Waals surface area contributed by atoms with Gasteiger partial charge in [0, 0.05) is 17.8 Å². The summed E-state index contributed by atoms with van der Waals surface area (Å²) in [5, 5.41) is 4.31. The number of hydrogen-bond donors (Lipinski definition) is 2. The maximum atomic E-state index is 13.3. The van der Waals surface area contributed by atoms with Crippen molar-refractivity contribution in [2.75, 3.05) is 10.6 Å². The van der Waals surface area contributed by atoms with Gasteiger partial charge < -0.3 is 10.6 Å². The van der Waals surface area contributed by atoms with Gasteiger partial charge in [-0.1, -0.05) is 42.5 Å². The van der Waals surface area contributed by atoms with Gasteiger partial charge in [0.15, 0.2) is 0 Å². The van der Waals surface area contributed by atoms with Crippen molar-refractivity contribution in [1.29, 1.82) is 0 Å². The summed E-state index contributed by atoms with van der Waals surface area (Å²) in [6.07, 6.45) is -4.98. The zero-order chi connectivity index (χ0) is 25.2. The van der Waals surface area contributed by atoms with E-state index in [1.54, 1.807) is 47.8 Å². The van der Waals surface area contributed by atoms with E-state index in [2.05, 4.69) is 5.32 Å². The Morgan fingerprint density at radius 1 is 0.743 bits per heavy atom. The average Bonchev–Trinajstić information content (AvgIpc) is 3.09. The molecule has 2 N–H and O–H groups in total. The highest BCUT2D eigenvalue weighted by Gasteiger charge is 2.42. The Labute approximate surface area is 197 Å². The number of halogens is 3. The van der Waals surface area contributed by atoms with Crippen molar-refractivity contribution in [1.82, 2.24) is 4.90 Å². The van der Waals surface area contributed by atoms with E-state index in [0.29, 0.717) is 0 Å². The molecule has 0 aromatic heterocycles. The summed E-state index contributed by atoms with van der Waals surface area (Å²) in [6, 6.07) is 18.9. The second kappa shape index (κ2) is 9.41. The third kappa shape index (κ3) is 5.06. The lowest BCUT2D eigenvalue weighted by molar-refractivity contribution is -0.167. The molecule has 1 aliphatic rings. The number of anilines is 2. The maximum absolute atomic E-state index is 13.3. The van der Waals surface area contributed by atoms with Crippen molar-refractivity contribution in [3.63, 3.8) is 0 Å². The van der Waals surface area contributed by atoms with Crippen LogP contribution in [0.4, 0.5) is 24.5 Å². The molecule has 4 rings (SSSR count). The second-order valence-corrected chi connectivity index (χ2v) is 7.75. The number of nitrogens with zero attached hydrogens (tertiary/aromatic N) is 1. The molecule has 0 spiro atoms. The highest BCUT2D eigenvalue weighted by Crippen LogP contribution is 2.27. The molecule has 0 aliphatic carbocycles. The van der Waals surface area contributed by atoms with E-state index >= 15 is 0 Å². The van der Waals surface area contributed by atoms with Gasteiger partial charge in [0.2, 0.25) is 5.91 Å². The molecule has 1 aliphatic heterocycles. The Balaban J connectivity index is 1.56. The smallest absolute Gasteiger partial charge is 0.324 e. The van der Waals surface area contributed by atoms with Gasteiger partial charge in [-0.05, 0) is 42.0 Å². The van der Waals surface area contributed by atoms with Crippen LogP contribution in [-0.2, 0) is 16.0 Å². The molecule has 0 radical (unpaired) electrons. The molecular formula is C25H18F3N3O4. The number of benzene rings is 3. The predicted molar refractivity (Wildman–Crippen MR) is 121 cm³/mol. The number of imide groups is 1. The molecular weight excluding hydrogens is 463 g/mol. The van der Waals surface area contributed by atoms with E-state index < -0.39 is 35.8 Å². The van der Waals surface area contributed by atoms with Gasteiger partial charge in [-0.15, -0.1) is 0 Å². The minimum atomic E-state index is -5.04. The van der Waals surface area contributed by atoms with E-state index in [0.717, 1.165) is 10.5 Å². The number of carbonyl (C=O) groups is 4. The molecule has 1 atom stereocenters. The zero-order valence-electron chi connectivity index (χ0n) is 18.0. The van der Waals surface area contributed by atoms with Crippen LogP contribution < -0.4 is 10.6 Å². The number of carbonyl (C=O) groups excluding carboxylic acids is 4. The SMILES string of the molecule is O=C(Nc1ccc(NC(=O)C(F)(F)F)cc1)C(Cc1ccccc1)N1C(=O)c2ccccc2C1=O. The summed E-state index contributed by atoms with van der Waals surface area (Å²) in [7, 11) is 0. The fourth-order valence-corrected chi connectivity index (χ4v) is 3.69. The molecule has 3 aromatic rings. The Bertz CT molecular complexity index is 1260. The van der Waals surface area contributed by atoms with Crippen LogP contribution >= 0.6 is 0 Å². The highest BCUT2D eigenvalue weighted by molar-refractivity contribution is 6.23. The minimum absolute atomic E-state index is 0.0534. The standard InChI is InChI=1S/C25H18F3N3O4/c26-25(27,28)24(35)30-17-12-10-16(11-13-17)29-21(32)20(14-15-6-2-1-3-7-15)31-22(33)18-8-4-5-9-19(18)23(31)34/h1-13,20H,14H2,(H,29,32)(H,30,35). The van der Waals surface area contributed by atoms with Crippen molar-refractivity contribution in [2.24, 2.45) is 0 Å². The molecule has 0 saturated heterocycles. The topological polar surface area (TPSA) is 95.6 Å². The van der Waals surface area contributed by atoms with Crippen molar-refractivity contribution in [3.8, 4) is 0 Å². The van der Waals surface area contributed by atoms with Crippen LogP contribution in [0.1, 0.15) is 26.3 Å². The quantitative estimate of drug-likeness (QED) is 0.520. The first kappa shape index (κ1) is 23.7. The van der Waals surface area contributed by atoms with Crippen LogP contribution in [0, 0.1) is 0 Å². The third-order valence-electron chi connectivity index (χ3n) is 5.38. The Kier molecular flexibility index (Phi) is 6.37. The molecule has 3 aromatic carbocycles. The van der Waals surface area contributed by atoms with Crippen LogP contribution in [-0.4, -0.2) is 40.7 Å². The molecule has 7 nitrogen and oxygen atoms in total. The number of alkyl halides is 3. The molecule has 1 heterocycles. The Morgan fingerprint density at radius 3 is 1.74 bits per heavy atom. The lowest BCUT2D eigenvalue weighted by Crippen LogP contribution is -2.48. The highest BCUT2D eigenvalue weighted by atomic mass is 19.4. The second-order valence-electron chi connectivity index (χ2n) is 7.75. The van der Waals surface area contributed by atoms with E-state index in [4.69, 9.17) is 0 Å². The fourth-order valence-electron chi connectivity index (χ4n) is 3.69. The van der Waals surface area contributed by atoms with Gasteiger partial charge in [0.25, 0.3) is 11.8 Å². The molecule has 0 bridgehead atoms. The molecule has 10 heteroatoms. The normalized spacial score (nSPS) is 13.9. The molecule has 178 valence electrons. The minimum Gasteiger partial charge on any atom is -0.324 e. The van der Waals surface area contributed by atoms with Gasteiger partial charge in [0.05, 0.1) is 11.1 Å². The van der Waals surface area contributed by atoms with Crippen molar-refractivity contribution < 1.29 is 32.3 Å². The summed E-state index contributed by atoms with van der Waals surface area (Å²) in [5.74, 6) is -3.96. The van der Waals surface area contributed by atoms with Gasteiger partial charge in [-0.2, -0.15) is 13.2 Å². The van der Waals surface area contributed by atoms with Gasteiger partial charge in [-0.25, -0.2) is 0 Å². The first-order chi connectivity index (χ1) is 16.6. The van der Waals surface area contributed by atoms with Gasteiger partial charge >= 0.3 is 12.1 Å². The number of nitrogens with one attached hydrogen (secondary N) is 2. The summed E-state index contributed by atoms with van der Waals surface area (Å²) in [5.41, 5.74) is 1.21. The van der Waals surface area contributed by atoms with Crippen molar-refractivity contribution in [3.05, 3.63) is 95.6 Å². The fraction of sp³-hybridized carbons (Fsp3) is 0.120. The summed E-state index contributed by atoms with van der Waals surface area (Å²) >= 11 is 0. The van der Waals surface area contributed by atoms with E-state index in [-0.39, 0.29) is 28.9 Å². The van der Waals surface area contributed by atoms with E-state index in [1.807, 2.05) is 0 Å². The molecule has 0 saturated carbocycles. The van der Waals surface area contributed by atoms with Crippen LogP contribution in [0.15, 0.2) is 78.9 Å². The van der Waals surface area contributed by atoms with Gasteiger partial charge in [-0.3, -0.25) is 24.1 Å². The first-order valence-corrected chi connectivity index (χ1v) is 10.4. The summed E-state index contributed by atoms with van der Waals surface area (Å²) in [4.78, 5) is 51.3. The number of fused-ring (bicyclic) bond motifs is 1. The largest absolute Gasteiger partial charge is 0.471 e. The van der Waals surface area contributed by atoms with Crippen LogP contribution in [0.5, 0.6) is 0 Å². The molecule has 1 unspecified atom stereocenters. The van der Waals surface area contributed by atoms with Gasteiger partial charge in [0.1, 0.15) is 6.04 Å². The Morgan fingerprint density at radius 2 is 1.23 bits per heavy atom. The van der Waals surface area contributed by atoms with Crippen LogP contribution in [0.3, 0.4) is 0 Å². The predicted octanol–water partition coefficient (Wildman–Crippen LogP) is 4.03. The van der Waals surface area contributed by atoms with Crippen LogP contribution in [0.25, 0.3) is 0 Å². The zero-order valence-corrected chi connectivity index (χ0v) is 18.0. The number of hydrogen-bond acceptors (Lipinski definition) is 4. The average molecular weight is 481 g/mol. The summed E-state index contributed by atoms with van der Waals surface area (Å²) in [6.45, 7) is 0. The number of amides is 4. The van der Waals surface area contributed by atoms with E-state index in [1.165, 1.54) is 36.4 Å². The third-order valence-corrected chi connectivity index (χ3v) is 5.38. The van der Waals surface area contributed by atoms with Crippen molar-refractivity contribution >= 4 is 35.0 Å². The van der Waals surface area contributed by atoms with Crippen LogP contribution in [0.2, 0.25) is 0 Å².